The van der Waals surface area contributed by atoms with Crippen LogP contribution in [-0.4, -0.2) is 22.2 Å². The Morgan fingerprint density at radius 3 is 2.66 bits per heavy atom. The lowest BCUT2D eigenvalue weighted by atomic mass is 10.1. The van der Waals surface area contributed by atoms with E-state index in [1.807, 2.05) is 42.5 Å². The van der Waals surface area contributed by atoms with Crippen molar-refractivity contribution < 1.29 is 27.1 Å². The molecule has 0 unspecified atom stereocenters. The number of hydrogen-bond acceptors (Lipinski definition) is 4. The topological polar surface area (TPSA) is 69.3 Å². The number of aromatic nitrogens is 2. The molecule has 0 aliphatic heterocycles. The van der Waals surface area contributed by atoms with Gasteiger partial charge in [-0.3, -0.25) is 9.48 Å². The summed E-state index contributed by atoms with van der Waals surface area (Å²) in [5, 5.41) is 8.66. The fourth-order valence-electron chi connectivity index (χ4n) is 3.96. The maximum Gasteiger partial charge on any atom is 0.435 e. The van der Waals surface area contributed by atoms with Crippen LogP contribution in [0.15, 0.2) is 65.1 Å². The first kappa shape index (κ1) is 23.0. The molecule has 2 aromatic carbocycles. The number of nitrogens with one attached hydrogen (secondary N) is 1. The molecule has 1 aliphatic carbocycles. The Morgan fingerprint density at radius 1 is 1.09 bits per heavy atom. The highest BCUT2D eigenvalue weighted by atomic mass is 19.4. The summed E-state index contributed by atoms with van der Waals surface area (Å²) in [6, 6.07) is 18.2. The Kier molecular flexibility index (Phi) is 6.23. The van der Waals surface area contributed by atoms with E-state index < -0.39 is 11.9 Å². The number of ether oxygens (including phenoxy) is 1. The van der Waals surface area contributed by atoms with E-state index in [2.05, 4.69) is 10.4 Å². The molecule has 0 spiro atoms. The molecule has 35 heavy (non-hydrogen) atoms. The number of halogens is 3. The number of carbonyl (C=O) groups excluding carboxylic acids is 1. The molecule has 1 N–H and O–H groups in total. The van der Waals surface area contributed by atoms with Crippen LogP contribution in [0, 0.1) is 0 Å². The Morgan fingerprint density at radius 2 is 1.89 bits per heavy atom. The van der Waals surface area contributed by atoms with Gasteiger partial charge in [0.1, 0.15) is 18.1 Å². The number of benzene rings is 2. The molecule has 5 rings (SSSR count). The summed E-state index contributed by atoms with van der Waals surface area (Å²) in [6.45, 7) is 0.759. The molecular weight excluding hydrogens is 459 g/mol. The van der Waals surface area contributed by atoms with Crippen molar-refractivity contribution >= 4 is 16.7 Å². The molecule has 1 saturated carbocycles. The zero-order chi connectivity index (χ0) is 24.4. The SMILES string of the molecule is O=C(NCCCn1nc(C(F)(F)F)cc1C1CC1)c1ccc(COc2ccc3ccccc3c2)o1. The lowest BCUT2D eigenvalue weighted by Crippen LogP contribution is -2.25. The monoisotopic (exact) mass is 483 g/mol. The van der Waals surface area contributed by atoms with Crippen molar-refractivity contribution in [1.82, 2.24) is 15.1 Å². The summed E-state index contributed by atoms with van der Waals surface area (Å²) in [7, 11) is 0. The van der Waals surface area contributed by atoms with E-state index in [0.717, 1.165) is 29.7 Å². The summed E-state index contributed by atoms with van der Waals surface area (Å²) in [4.78, 5) is 12.4. The third kappa shape index (κ3) is 5.50. The van der Waals surface area contributed by atoms with E-state index in [0.29, 0.717) is 30.2 Å². The van der Waals surface area contributed by atoms with Crippen LogP contribution >= 0.6 is 0 Å². The van der Waals surface area contributed by atoms with E-state index in [1.54, 1.807) is 12.1 Å². The Hall–Kier alpha value is -3.75. The fourth-order valence-corrected chi connectivity index (χ4v) is 3.96. The van der Waals surface area contributed by atoms with Crippen LogP contribution in [-0.2, 0) is 19.3 Å². The number of aryl methyl sites for hydroxylation is 1. The van der Waals surface area contributed by atoms with E-state index in [-0.39, 0.29) is 30.7 Å². The number of nitrogens with zero attached hydrogens (tertiary/aromatic N) is 2. The minimum atomic E-state index is -4.46. The smallest absolute Gasteiger partial charge is 0.435 e. The lowest BCUT2D eigenvalue weighted by molar-refractivity contribution is -0.141. The van der Waals surface area contributed by atoms with Gasteiger partial charge in [-0.2, -0.15) is 18.3 Å². The molecule has 0 radical (unpaired) electrons. The molecule has 9 heteroatoms. The van der Waals surface area contributed by atoms with Crippen LogP contribution in [0.5, 0.6) is 5.75 Å². The number of alkyl halides is 3. The van der Waals surface area contributed by atoms with Crippen molar-refractivity contribution in [1.29, 1.82) is 0 Å². The van der Waals surface area contributed by atoms with Gasteiger partial charge in [0.2, 0.25) is 0 Å². The molecule has 1 aliphatic rings. The van der Waals surface area contributed by atoms with Crippen molar-refractivity contribution in [2.45, 2.75) is 44.5 Å². The highest BCUT2D eigenvalue weighted by Crippen LogP contribution is 2.42. The van der Waals surface area contributed by atoms with Gasteiger partial charge in [-0.1, -0.05) is 30.3 Å². The second-order valence-electron chi connectivity index (χ2n) is 8.62. The van der Waals surface area contributed by atoms with Crippen LogP contribution in [0.1, 0.15) is 52.9 Å². The minimum Gasteiger partial charge on any atom is -0.486 e. The molecule has 0 atom stereocenters. The van der Waals surface area contributed by atoms with Gasteiger partial charge in [-0.15, -0.1) is 0 Å². The van der Waals surface area contributed by atoms with Crippen LogP contribution in [0.2, 0.25) is 0 Å². The first-order valence-electron chi connectivity index (χ1n) is 11.5. The summed E-state index contributed by atoms with van der Waals surface area (Å²) in [5.41, 5.74) is -0.247. The summed E-state index contributed by atoms with van der Waals surface area (Å²) >= 11 is 0. The standard InChI is InChI=1S/C26H24F3N3O3/c27-26(28,29)24-15-22(18-6-7-18)32(31-24)13-3-12-30-25(33)23-11-10-21(35-23)16-34-20-9-8-17-4-1-2-5-19(17)14-20/h1-2,4-5,8-11,14-15,18H,3,6-7,12-13,16H2,(H,30,33). The number of amides is 1. The molecular formula is C26H24F3N3O3. The number of rotatable bonds is 9. The van der Waals surface area contributed by atoms with Crippen LogP contribution in [0.4, 0.5) is 13.2 Å². The largest absolute Gasteiger partial charge is 0.486 e. The maximum atomic E-state index is 13.0. The maximum absolute atomic E-state index is 13.0. The average molecular weight is 483 g/mol. The van der Waals surface area contributed by atoms with E-state index in [4.69, 9.17) is 9.15 Å². The highest BCUT2D eigenvalue weighted by Gasteiger charge is 2.37. The number of fused-ring (bicyclic) bond motifs is 1. The Bertz CT molecular complexity index is 1340. The van der Waals surface area contributed by atoms with Crippen molar-refractivity contribution in [3.8, 4) is 5.75 Å². The summed E-state index contributed by atoms with van der Waals surface area (Å²) in [6.07, 6.45) is -2.25. The summed E-state index contributed by atoms with van der Waals surface area (Å²) in [5.74, 6) is 1.11. The zero-order valence-corrected chi connectivity index (χ0v) is 18.8. The minimum absolute atomic E-state index is 0.145. The van der Waals surface area contributed by atoms with E-state index in [9.17, 15) is 18.0 Å². The highest BCUT2D eigenvalue weighted by molar-refractivity contribution is 5.91. The second kappa shape index (κ2) is 9.48. The first-order valence-corrected chi connectivity index (χ1v) is 11.5. The van der Waals surface area contributed by atoms with Crippen molar-refractivity contribution in [3.63, 3.8) is 0 Å². The Balaban J connectivity index is 1.10. The van der Waals surface area contributed by atoms with E-state index in [1.165, 1.54) is 4.68 Å². The van der Waals surface area contributed by atoms with Crippen molar-refractivity contribution in [3.05, 3.63) is 83.6 Å². The third-order valence-corrected chi connectivity index (χ3v) is 5.92. The quantitative estimate of drug-likeness (QED) is 0.300. The van der Waals surface area contributed by atoms with Gasteiger partial charge in [0.25, 0.3) is 5.91 Å². The van der Waals surface area contributed by atoms with Crippen LogP contribution in [0.25, 0.3) is 10.8 Å². The second-order valence-corrected chi connectivity index (χ2v) is 8.62. The van der Waals surface area contributed by atoms with Crippen molar-refractivity contribution in [2.24, 2.45) is 0 Å². The first-order chi connectivity index (χ1) is 16.9. The van der Waals surface area contributed by atoms with Gasteiger partial charge < -0.3 is 14.5 Å². The Labute approximate surface area is 199 Å². The third-order valence-electron chi connectivity index (χ3n) is 5.92. The van der Waals surface area contributed by atoms with Gasteiger partial charge in [-0.05, 0) is 60.4 Å². The number of hydrogen-bond donors (Lipinski definition) is 1. The normalized spacial score (nSPS) is 13.8. The molecule has 182 valence electrons. The molecule has 2 heterocycles. The summed E-state index contributed by atoms with van der Waals surface area (Å²) < 4.78 is 51.8. The lowest BCUT2D eigenvalue weighted by Gasteiger charge is -2.08. The molecule has 1 fully saturated rings. The molecule has 1 amide bonds. The van der Waals surface area contributed by atoms with Crippen molar-refractivity contribution in [2.75, 3.05) is 6.54 Å². The average Bonchev–Trinajstić information content (AvgIpc) is 3.40. The van der Waals surface area contributed by atoms with Gasteiger partial charge in [-0.25, -0.2) is 0 Å². The molecule has 0 saturated heterocycles. The fraction of sp³-hybridized carbons (Fsp3) is 0.308. The number of carbonyl (C=O) groups is 1. The van der Waals surface area contributed by atoms with E-state index >= 15 is 0 Å². The molecule has 4 aromatic rings. The van der Waals surface area contributed by atoms with Gasteiger partial charge in [0.15, 0.2) is 11.5 Å². The predicted molar refractivity (Wildman–Crippen MR) is 123 cm³/mol. The van der Waals surface area contributed by atoms with Crippen LogP contribution < -0.4 is 10.1 Å². The molecule has 2 aromatic heterocycles. The number of furan rings is 1. The molecule has 6 nitrogen and oxygen atoms in total. The predicted octanol–water partition coefficient (Wildman–Crippen LogP) is 5.92. The zero-order valence-electron chi connectivity index (χ0n) is 18.8. The van der Waals surface area contributed by atoms with Gasteiger partial charge in [0.05, 0.1) is 0 Å². The molecule has 0 bridgehead atoms. The van der Waals surface area contributed by atoms with Gasteiger partial charge >= 0.3 is 6.18 Å². The van der Waals surface area contributed by atoms with Gasteiger partial charge in [0, 0.05) is 24.7 Å². The van der Waals surface area contributed by atoms with Crippen LogP contribution in [0.3, 0.4) is 0 Å².